The molecule has 0 aliphatic heterocycles. The van der Waals surface area contributed by atoms with Crippen LogP contribution in [0.15, 0.2) is 53.0 Å². The molecule has 2 atom stereocenters. The largest absolute Gasteiger partial charge is 0.481 e. The number of hydrogen-bond donors (Lipinski definition) is 4. The van der Waals surface area contributed by atoms with Crippen molar-refractivity contribution in [2.24, 2.45) is 5.73 Å². The number of halogens is 7. The van der Waals surface area contributed by atoms with E-state index >= 15 is 0 Å². The number of aliphatic carboxylic acids is 2. The summed E-state index contributed by atoms with van der Waals surface area (Å²) in [4.78, 5) is 20.4. The molecule has 0 saturated heterocycles. The van der Waals surface area contributed by atoms with Crippen LogP contribution in [0, 0.1) is 0 Å². The molecule has 0 aliphatic carbocycles. The van der Waals surface area contributed by atoms with E-state index in [1.54, 1.807) is 0 Å². The van der Waals surface area contributed by atoms with E-state index in [9.17, 15) is 35.9 Å². The molecule has 2 aromatic rings. The van der Waals surface area contributed by atoms with Crippen molar-refractivity contribution >= 4 is 33.6 Å². The van der Waals surface area contributed by atoms with Gasteiger partial charge in [-0.25, -0.2) is 0 Å². The molecule has 2 aromatic carbocycles. The highest BCUT2D eigenvalue weighted by Crippen LogP contribution is 2.30. The highest BCUT2D eigenvalue weighted by atomic mass is 79.9. The minimum atomic E-state index is -4.36. The summed E-state index contributed by atoms with van der Waals surface area (Å²) < 4.78 is 73.3. The summed E-state index contributed by atoms with van der Waals surface area (Å²) in [5.74, 6) is -1.76. The predicted molar refractivity (Wildman–Crippen MR) is 131 cm³/mol. The van der Waals surface area contributed by atoms with Crippen LogP contribution in [0.5, 0.6) is 0 Å². The summed E-state index contributed by atoms with van der Waals surface area (Å²) in [7, 11) is 0. The summed E-state index contributed by atoms with van der Waals surface area (Å²) in [5.41, 5.74) is 4.43. The third kappa shape index (κ3) is 15.8. The summed E-state index contributed by atoms with van der Waals surface area (Å²) in [6, 6.07) is 8.86. The van der Waals surface area contributed by atoms with Gasteiger partial charge in [0.1, 0.15) is 0 Å². The quantitative estimate of drug-likeness (QED) is 0.241. The second-order valence-corrected chi connectivity index (χ2v) is 8.61. The molecule has 208 valence electrons. The zero-order valence-corrected chi connectivity index (χ0v) is 21.6. The van der Waals surface area contributed by atoms with E-state index in [1.165, 1.54) is 24.3 Å². The van der Waals surface area contributed by atoms with Gasteiger partial charge in [0, 0.05) is 22.2 Å². The van der Waals surface area contributed by atoms with Crippen molar-refractivity contribution in [3.8, 4) is 0 Å². The number of alkyl halides is 6. The molecule has 0 saturated carbocycles. The van der Waals surface area contributed by atoms with Crippen molar-refractivity contribution in [2.45, 2.75) is 64.0 Å². The fourth-order valence-electron chi connectivity index (χ4n) is 2.51. The molecule has 13 heteroatoms. The van der Waals surface area contributed by atoms with E-state index in [-0.39, 0.29) is 24.9 Å². The fourth-order valence-corrected chi connectivity index (χ4v) is 2.77. The molecule has 0 bridgehead atoms. The lowest BCUT2D eigenvalue weighted by Crippen LogP contribution is -2.22. The second kappa shape index (κ2) is 16.1. The molecule has 0 unspecified atom stereocenters. The maximum absolute atomic E-state index is 12.3. The Labute approximate surface area is 219 Å². The molecule has 0 amide bonds. The van der Waals surface area contributed by atoms with Crippen LogP contribution in [0.3, 0.4) is 0 Å². The van der Waals surface area contributed by atoms with Crippen molar-refractivity contribution < 1.29 is 46.1 Å². The van der Waals surface area contributed by atoms with Gasteiger partial charge < -0.3 is 21.3 Å². The molecule has 6 nitrogen and oxygen atoms in total. The van der Waals surface area contributed by atoms with Crippen LogP contribution < -0.4 is 11.1 Å². The van der Waals surface area contributed by atoms with Crippen LogP contribution in [-0.4, -0.2) is 34.2 Å². The van der Waals surface area contributed by atoms with Gasteiger partial charge in [-0.15, -0.1) is 0 Å². The monoisotopic (exact) mass is 602 g/mol. The maximum Gasteiger partial charge on any atom is 0.416 e. The van der Waals surface area contributed by atoms with E-state index in [2.05, 4.69) is 21.2 Å². The molecule has 5 N–H and O–H groups in total. The van der Waals surface area contributed by atoms with Crippen molar-refractivity contribution in [1.29, 1.82) is 0 Å². The Morgan fingerprint density at radius 3 is 1.51 bits per heavy atom. The molecular weight excluding hydrogens is 574 g/mol. The minimum absolute atomic E-state index is 0.0719. The standard InChI is InChI=1S/C12H14F3NO2.C7H4BrF3.C5H11NO2/c1-2-9(7-11(17)18)16-10-5-3-8(4-6-10)12(13,14)15;8-6-3-1-5(2-4-6)7(9,10)11;1-2-4(6)3-5(7)8/h3-6,9,16H,2,7H2,1H3,(H,17,18);1-4H;4H,2-3,6H2,1H3,(H,7,8)/t9-;;4-/m1.1/s1. The highest BCUT2D eigenvalue weighted by Gasteiger charge is 2.30. The van der Waals surface area contributed by atoms with Crippen molar-refractivity contribution in [2.75, 3.05) is 5.32 Å². The number of nitrogens with one attached hydrogen (secondary N) is 1. The number of nitrogens with two attached hydrogens (primary N) is 1. The number of carboxylic acid groups (broad SMARTS) is 2. The Bertz CT molecular complexity index is 952. The van der Waals surface area contributed by atoms with Crippen LogP contribution in [0.1, 0.15) is 50.7 Å². The third-order valence-electron chi connectivity index (χ3n) is 4.63. The van der Waals surface area contributed by atoms with Crippen molar-refractivity contribution in [3.05, 3.63) is 64.1 Å². The summed E-state index contributed by atoms with van der Waals surface area (Å²) in [5, 5.41) is 19.7. The normalized spacial score (nSPS) is 12.7. The van der Waals surface area contributed by atoms with E-state index in [4.69, 9.17) is 15.9 Å². The van der Waals surface area contributed by atoms with Gasteiger partial charge in [0.15, 0.2) is 0 Å². The number of benzene rings is 2. The average molecular weight is 603 g/mol. The third-order valence-corrected chi connectivity index (χ3v) is 5.16. The van der Waals surface area contributed by atoms with Crippen LogP contribution in [0.25, 0.3) is 0 Å². The molecule has 0 heterocycles. The zero-order valence-electron chi connectivity index (χ0n) is 20.0. The van der Waals surface area contributed by atoms with Crippen molar-refractivity contribution in [1.82, 2.24) is 0 Å². The highest BCUT2D eigenvalue weighted by molar-refractivity contribution is 9.10. The molecule has 0 fully saturated rings. The van der Waals surface area contributed by atoms with Crippen LogP contribution in [0.2, 0.25) is 0 Å². The molecule has 37 heavy (non-hydrogen) atoms. The fraction of sp³-hybridized carbons (Fsp3) is 0.417. The van der Waals surface area contributed by atoms with Crippen LogP contribution >= 0.6 is 15.9 Å². The van der Waals surface area contributed by atoms with Gasteiger partial charge in [0.2, 0.25) is 0 Å². The Morgan fingerprint density at radius 1 is 0.811 bits per heavy atom. The Morgan fingerprint density at radius 2 is 1.22 bits per heavy atom. The smallest absolute Gasteiger partial charge is 0.416 e. The van der Waals surface area contributed by atoms with E-state index in [0.717, 1.165) is 30.7 Å². The zero-order chi connectivity index (χ0) is 28.8. The summed E-state index contributed by atoms with van der Waals surface area (Å²) in [6.45, 7) is 3.68. The molecule has 0 aromatic heterocycles. The molecule has 0 spiro atoms. The number of anilines is 1. The minimum Gasteiger partial charge on any atom is -0.481 e. The summed E-state index contributed by atoms with van der Waals surface area (Å²) >= 11 is 3.04. The first-order chi connectivity index (χ1) is 17.0. The molecule has 0 aliphatic rings. The van der Waals surface area contributed by atoms with Gasteiger partial charge in [-0.3, -0.25) is 9.59 Å². The number of carbonyl (C=O) groups is 2. The Hall–Kier alpha value is -2.80. The lowest BCUT2D eigenvalue weighted by atomic mass is 10.1. The second-order valence-electron chi connectivity index (χ2n) is 7.69. The van der Waals surface area contributed by atoms with Crippen LogP contribution in [0.4, 0.5) is 32.0 Å². The van der Waals surface area contributed by atoms with Gasteiger partial charge in [0.25, 0.3) is 0 Å². The van der Waals surface area contributed by atoms with Crippen LogP contribution in [-0.2, 0) is 21.9 Å². The Balaban J connectivity index is 0.000000580. The van der Waals surface area contributed by atoms with Crippen molar-refractivity contribution in [3.63, 3.8) is 0 Å². The molecular formula is C24H29BrF6N2O4. The molecule has 0 radical (unpaired) electrons. The first-order valence-electron chi connectivity index (χ1n) is 10.9. The molecule has 2 rings (SSSR count). The van der Waals surface area contributed by atoms with E-state index in [1.807, 2.05) is 13.8 Å². The van der Waals surface area contributed by atoms with Gasteiger partial charge in [0.05, 0.1) is 24.0 Å². The first-order valence-corrected chi connectivity index (χ1v) is 11.7. The number of carboxylic acids is 2. The van der Waals surface area contributed by atoms with Gasteiger partial charge >= 0.3 is 24.3 Å². The first kappa shape index (κ1) is 34.2. The number of hydrogen-bond acceptors (Lipinski definition) is 4. The van der Waals surface area contributed by atoms with Gasteiger partial charge in [-0.2, -0.15) is 26.3 Å². The van der Waals surface area contributed by atoms with E-state index < -0.39 is 35.4 Å². The Kier molecular flexibility index (Phi) is 14.9. The summed E-state index contributed by atoms with van der Waals surface area (Å²) in [6.07, 6.45) is -7.28. The topological polar surface area (TPSA) is 113 Å². The SMILES string of the molecule is CC[C@@H](N)CC(=O)O.CC[C@H](CC(=O)O)Nc1ccc(C(F)(F)F)cc1.FC(F)(F)c1ccc(Br)cc1. The number of rotatable bonds is 8. The van der Waals surface area contributed by atoms with Gasteiger partial charge in [-0.05, 0) is 61.4 Å². The lowest BCUT2D eigenvalue weighted by Gasteiger charge is -2.16. The maximum atomic E-state index is 12.3. The lowest BCUT2D eigenvalue weighted by molar-refractivity contribution is -0.138. The van der Waals surface area contributed by atoms with Gasteiger partial charge in [-0.1, -0.05) is 29.8 Å². The predicted octanol–water partition coefficient (Wildman–Crippen LogP) is 7.04. The average Bonchev–Trinajstić information content (AvgIpc) is 2.78. The van der Waals surface area contributed by atoms with E-state index in [0.29, 0.717) is 16.6 Å².